The molecule has 2 aliphatic rings. The van der Waals surface area contributed by atoms with E-state index in [1.807, 2.05) is 0 Å². The molecule has 1 aliphatic carbocycles. The topological polar surface area (TPSA) is 12.0 Å². The van der Waals surface area contributed by atoms with Crippen LogP contribution in [0.1, 0.15) is 46.0 Å². The summed E-state index contributed by atoms with van der Waals surface area (Å²) in [5.74, 6) is 1.02. The molecule has 3 atom stereocenters. The second-order valence-electron chi connectivity index (χ2n) is 4.91. The van der Waals surface area contributed by atoms with Gasteiger partial charge in [-0.15, -0.1) is 0 Å². The zero-order chi connectivity index (χ0) is 8.60. The van der Waals surface area contributed by atoms with E-state index < -0.39 is 0 Å². The van der Waals surface area contributed by atoms with Gasteiger partial charge < -0.3 is 5.32 Å². The van der Waals surface area contributed by atoms with Crippen molar-refractivity contribution in [1.82, 2.24) is 5.32 Å². The van der Waals surface area contributed by atoms with Gasteiger partial charge in [-0.25, -0.2) is 0 Å². The normalized spacial score (nSPS) is 48.5. The summed E-state index contributed by atoms with van der Waals surface area (Å²) in [4.78, 5) is 0. The minimum atomic E-state index is 0.622. The molecule has 1 aliphatic heterocycles. The van der Waals surface area contributed by atoms with E-state index in [1.165, 1.54) is 38.6 Å². The third kappa shape index (κ3) is 1.19. The summed E-state index contributed by atoms with van der Waals surface area (Å²) in [5.41, 5.74) is 0.622. The lowest BCUT2D eigenvalue weighted by atomic mass is 9.61. The van der Waals surface area contributed by atoms with Crippen LogP contribution in [0.25, 0.3) is 0 Å². The molecule has 0 bridgehead atoms. The van der Waals surface area contributed by atoms with Crippen molar-refractivity contribution in [3.05, 3.63) is 0 Å². The molecule has 0 amide bonds. The fourth-order valence-corrected chi connectivity index (χ4v) is 3.18. The Balaban J connectivity index is 2.14. The summed E-state index contributed by atoms with van der Waals surface area (Å²) in [6.45, 7) is 6.12. The van der Waals surface area contributed by atoms with Gasteiger partial charge in [0, 0.05) is 6.04 Å². The molecule has 2 fully saturated rings. The molecule has 1 saturated heterocycles. The van der Waals surface area contributed by atoms with Crippen molar-refractivity contribution >= 4 is 0 Å². The van der Waals surface area contributed by atoms with Gasteiger partial charge in [0.1, 0.15) is 0 Å². The minimum Gasteiger partial charge on any atom is -0.314 e. The molecule has 0 aromatic carbocycles. The summed E-state index contributed by atoms with van der Waals surface area (Å²) in [6, 6.07) is 0.747. The molecule has 12 heavy (non-hydrogen) atoms. The van der Waals surface area contributed by atoms with Crippen molar-refractivity contribution in [3.63, 3.8) is 0 Å². The van der Waals surface area contributed by atoms with Gasteiger partial charge in [0.25, 0.3) is 0 Å². The summed E-state index contributed by atoms with van der Waals surface area (Å²) in [7, 11) is 0. The van der Waals surface area contributed by atoms with E-state index in [2.05, 4.69) is 19.2 Å². The van der Waals surface area contributed by atoms with Crippen molar-refractivity contribution in [2.45, 2.75) is 52.0 Å². The Morgan fingerprint density at radius 1 is 1.25 bits per heavy atom. The molecule has 1 saturated carbocycles. The first kappa shape index (κ1) is 8.55. The van der Waals surface area contributed by atoms with E-state index in [9.17, 15) is 0 Å². The zero-order valence-electron chi connectivity index (χ0n) is 8.40. The molecule has 0 aromatic rings. The van der Waals surface area contributed by atoms with Crippen molar-refractivity contribution < 1.29 is 0 Å². The highest BCUT2D eigenvalue weighted by Crippen LogP contribution is 2.46. The lowest BCUT2D eigenvalue weighted by Gasteiger charge is -2.49. The highest BCUT2D eigenvalue weighted by atomic mass is 14.9. The molecule has 0 aromatic heterocycles. The predicted octanol–water partition coefficient (Wildman–Crippen LogP) is 2.56. The Bertz CT molecular complexity index is 164. The molecular weight excluding hydrogens is 146 g/mol. The maximum atomic E-state index is 3.62. The van der Waals surface area contributed by atoms with Crippen LogP contribution >= 0.6 is 0 Å². The van der Waals surface area contributed by atoms with E-state index in [-0.39, 0.29) is 0 Å². The van der Waals surface area contributed by atoms with Crippen LogP contribution in [0.5, 0.6) is 0 Å². The molecule has 1 heteroatoms. The van der Waals surface area contributed by atoms with Crippen LogP contribution in [0, 0.1) is 11.3 Å². The lowest BCUT2D eigenvalue weighted by molar-refractivity contribution is 0.0388. The van der Waals surface area contributed by atoms with Crippen molar-refractivity contribution in [1.29, 1.82) is 0 Å². The lowest BCUT2D eigenvalue weighted by Crippen LogP contribution is -2.52. The van der Waals surface area contributed by atoms with Gasteiger partial charge in [0.05, 0.1) is 0 Å². The fourth-order valence-electron chi connectivity index (χ4n) is 3.18. The number of piperidine rings is 1. The summed E-state index contributed by atoms with van der Waals surface area (Å²) >= 11 is 0. The van der Waals surface area contributed by atoms with E-state index in [0.29, 0.717) is 5.41 Å². The van der Waals surface area contributed by atoms with Crippen LogP contribution in [0.4, 0.5) is 0 Å². The van der Waals surface area contributed by atoms with E-state index in [0.717, 1.165) is 12.0 Å². The molecule has 1 heterocycles. The molecule has 0 radical (unpaired) electrons. The van der Waals surface area contributed by atoms with E-state index >= 15 is 0 Å². The third-order valence-electron chi connectivity index (χ3n) is 4.38. The number of rotatable bonds is 0. The number of hydrogen-bond donors (Lipinski definition) is 1. The molecular formula is C11H21N. The standard InChI is InChI=1S/C11H21N/c1-9-11(2)7-4-3-5-10(11)6-8-12-9/h9-10,12H,3-8H2,1-2H3. The maximum Gasteiger partial charge on any atom is 0.00952 e. The van der Waals surface area contributed by atoms with Crippen LogP contribution in [0.3, 0.4) is 0 Å². The van der Waals surface area contributed by atoms with Gasteiger partial charge in [0.15, 0.2) is 0 Å². The van der Waals surface area contributed by atoms with Gasteiger partial charge in [0.2, 0.25) is 0 Å². The molecule has 2 rings (SSSR count). The van der Waals surface area contributed by atoms with Crippen LogP contribution in [0.2, 0.25) is 0 Å². The molecule has 3 unspecified atom stereocenters. The Morgan fingerprint density at radius 2 is 2.08 bits per heavy atom. The van der Waals surface area contributed by atoms with Gasteiger partial charge >= 0.3 is 0 Å². The maximum absolute atomic E-state index is 3.62. The van der Waals surface area contributed by atoms with Crippen LogP contribution in [-0.4, -0.2) is 12.6 Å². The van der Waals surface area contributed by atoms with Gasteiger partial charge in [-0.1, -0.05) is 19.8 Å². The predicted molar refractivity (Wildman–Crippen MR) is 52.1 cm³/mol. The summed E-state index contributed by atoms with van der Waals surface area (Å²) in [5, 5.41) is 3.62. The number of fused-ring (bicyclic) bond motifs is 1. The monoisotopic (exact) mass is 167 g/mol. The number of nitrogens with one attached hydrogen (secondary N) is 1. The average molecular weight is 167 g/mol. The minimum absolute atomic E-state index is 0.622. The quantitative estimate of drug-likeness (QED) is 0.584. The van der Waals surface area contributed by atoms with Crippen molar-refractivity contribution in [2.24, 2.45) is 11.3 Å². The highest BCUT2D eigenvalue weighted by Gasteiger charge is 2.42. The fraction of sp³-hybridized carbons (Fsp3) is 1.00. The smallest absolute Gasteiger partial charge is 0.00952 e. The van der Waals surface area contributed by atoms with Gasteiger partial charge in [-0.3, -0.25) is 0 Å². The SMILES string of the molecule is CC1NCCC2CCCCC21C. The Labute approximate surface area is 75.9 Å². The Kier molecular flexibility index (Phi) is 2.16. The van der Waals surface area contributed by atoms with Crippen LogP contribution in [0.15, 0.2) is 0 Å². The van der Waals surface area contributed by atoms with Gasteiger partial charge in [-0.2, -0.15) is 0 Å². The second-order valence-corrected chi connectivity index (χ2v) is 4.91. The van der Waals surface area contributed by atoms with E-state index in [4.69, 9.17) is 0 Å². The Hall–Kier alpha value is -0.0400. The van der Waals surface area contributed by atoms with Gasteiger partial charge in [-0.05, 0) is 44.1 Å². The first-order valence-electron chi connectivity index (χ1n) is 5.47. The largest absolute Gasteiger partial charge is 0.314 e. The van der Waals surface area contributed by atoms with Crippen molar-refractivity contribution in [3.8, 4) is 0 Å². The molecule has 1 nitrogen and oxygen atoms in total. The highest BCUT2D eigenvalue weighted by molar-refractivity contribution is 4.96. The summed E-state index contributed by atoms with van der Waals surface area (Å²) < 4.78 is 0. The molecule has 70 valence electrons. The first-order valence-corrected chi connectivity index (χ1v) is 5.47. The summed E-state index contributed by atoms with van der Waals surface area (Å²) in [6.07, 6.45) is 7.29. The molecule has 0 spiro atoms. The van der Waals surface area contributed by atoms with E-state index in [1.54, 1.807) is 0 Å². The second kappa shape index (κ2) is 3.02. The van der Waals surface area contributed by atoms with Crippen LogP contribution < -0.4 is 5.32 Å². The zero-order valence-corrected chi connectivity index (χ0v) is 8.40. The third-order valence-corrected chi connectivity index (χ3v) is 4.38. The average Bonchev–Trinajstić information content (AvgIpc) is 2.07. The van der Waals surface area contributed by atoms with Crippen molar-refractivity contribution in [2.75, 3.05) is 6.54 Å². The van der Waals surface area contributed by atoms with Crippen LogP contribution in [-0.2, 0) is 0 Å². The molecule has 1 N–H and O–H groups in total. The first-order chi connectivity index (χ1) is 5.73. The Morgan fingerprint density at radius 3 is 2.83 bits per heavy atom. The number of hydrogen-bond acceptors (Lipinski definition) is 1.